The Labute approximate surface area is 88.4 Å². The first kappa shape index (κ1) is 11.2. The van der Waals surface area contributed by atoms with Crippen LogP contribution in [0.25, 0.3) is 0 Å². The molecule has 0 heterocycles. The monoisotopic (exact) mass is 204 g/mol. The Morgan fingerprint density at radius 2 is 1.93 bits per heavy atom. The van der Waals surface area contributed by atoms with Gasteiger partial charge in [0.05, 0.1) is 6.42 Å². The highest BCUT2D eigenvalue weighted by Gasteiger charge is 2.03. The molecule has 15 heavy (non-hydrogen) atoms. The summed E-state index contributed by atoms with van der Waals surface area (Å²) in [5.74, 6) is 0.0615. The number of carbonyl (C=O) groups is 2. The van der Waals surface area contributed by atoms with Crippen LogP contribution in [0.4, 0.5) is 0 Å². The van der Waals surface area contributed by atoms with E-state index in [0.29, 0.717) is 11.3 Å². The van der Waals surface area contributed by atoms with Crippen molar-refractivity contribution in [2.45, 2.75) is 13.3 Å². The van der Waals surface area contributed by atoms with Gasteiger partial charge in [-0.2, -0.15) is 0 Å². The van der Waals surface area contributed by atoms with Crippen LogP contribution < -0.4 is 4.74 Å². The number of hydrogen-bond donors (Lipinski definition) is 0. The molecule has 0 saturated heterocycles. The zero-order valence-electron chi connectivity index (χ0n) is 8.53. The van der Waals surface area contributed by atoms with Gasteiger partial charge < -0.3 is 4.74 Å². The van der Waals surface area contributed by atoms with Gasteiger partial charge in [0.2, 0.25) is 0 Å². The van der Waals surface area contributed by atoms with Crippen LogP contribution in [0.3, 0.4) is 0 Å². The molecule has 1 aromatic carbocycles. The third-order valence-corrected chi connectivity index (χ3v) is 1.80. The molecule has 0 unspecified atom stereocenters. The molecule has 0 fully saturated rings. The fourth-order valence-corrected chi connectivity index (χ4v) is 1.05. The van der Waals surface area contributed by atoms with Crippen molar-refractivity contribution in [3.05, 3.63) is 42.5 Å². The van der Waals surface area contributed by atoms with Gasteiger partial charge >= 0.3 is 5.97 Å². The number of ketones is 1. The second-order valence-corrected chi connectivity index (χ2v) is 3.05. The smallest absolute Gasteiger partial charge is 0.315 e. The van der Waals surface area contributed by atoms with Crippen LogP contribution in [0.2, 0.25) is 0 Å². The Kier molecular flexibility index (Phi) is 3.80. The summed E-state index contributed by atoms with van der Waals surface area (Å²) in [7, 11) is 0. The lowest BCUT2D eigenvalue weighted by Gasteiger charge is -2.02. The van der Waals surface area contributed by atoms with E-state index in [1.54, 1.807) is 24.3 Å². The van der Waals surface area contributed by atoms with Gasteiger partial charge in [-0.05, 0) is 31.2 Å². The van der Waals surface area contributed by atoms with Gasteiger partial charge in [0, 0.05) is 5.56 Å². The standard InChI is InChI=1S/C12H12O3/c1-3-4-12(14)15-11-7-5-10(6-8-11)9(2)13/h3,5-8H,1,4H2,2H3. The molecule has 0 N–H and O–H groups in total. The summed E-state index contributed by atoms with van der Waals surface area (Å²) in [6, 6.07) is 6.44. The van der Waals surface area contributed by atoms with Crippen molar-refractivity contribution in [2.75, 3.05) is 0 Å². The summed E-state index contributed by atoms with van der Waals surface area (Å²) in [4.78, 5) is 22.0. The highest BCUT2D eigenvalue weighted by molar-refractivity contribution is 5.94. The first-order valence-electron chi connectivity index (χ1n) is 4.56. The molecular weight excluding hydrogens is 192 g/mol. The largest absolute Gasteiger partial charge is 0.426 e. The summed E-state index contributed by atoms with van der Waals surface area (Å²) >= 11 is 0. The van der Waals surface area contributed by atoms with Gasteiger partial charge in [-0.15, -0.1) is 6.58 Å². The van der Waals surface area contributed by atoms with Crippen molar-refractivity contribution in [2.24, 2.45) is 0 Å². The van der Waals surface area contributed by atoms with E-state index in [2.05, 4.69) is 6.58 Å². The van der Waals surface area contributed by atoms with Crippen LogP contribution in [-0.2, 0) is 4.79 Å². The van der Waals surface area contributed by atoms with E-state index >= 15 is 0 Å². The van der Waals surface area contributed by atoms with Gasteiger partial charge in [0.15, 0.2) is 5.78 Å². The summed E-state index contributed by atoms with van der Waals surface area (Å²) in [5.41, 5.74) is 0.596. The Balaban J connectivity index is 2.68. The number of Topliss-reactive ketones (excluding diaryl/α,β-unsaturated/α-hetero) is 1. The lowest BCUT2D eigenvalue weighted by molar-refractivity contribution is -0.133. The van der Waals surface area contributed by atoms with Crippen LogP contribution in [-0.4, -0.2) is 11.8 Å². The van der Waals surface area contributed by atoms with Gasteiger partial charge in [-0.3, -0.25) is 9.59 Å². The van der Waals surface area contributed by atoms with Crippen LogP contribution in [0.15, 0.2) is 36.9 Å². The summed E-state index contributed by atoms with van der Waals surface area (Å²) < 4.78 is 4.97. The van der Waals surface area contributed by atoms with E-state index in [1.165, 1.54) is 13.0 Å². The maximum Gasteiger partial charge on any atom is 0.315 e. The summed E-state index contributed by atoms with van der Waals surface area (Å²) in [5, 5.41) is 0. The van der Waals surface area contributed by atoms with Crippen molar-refractivity contribution in [3.8, 4) is 5.75 Å². The third kappa shape index (κ3) is 3.38. The van der Waals surface area contributed by atoms with E-state index < -0.39 is 0 Å². The Morgan fingerprint density at radius 1 is 1.33 bits per heavy atom. The van der Waals surface area contributed by atoms with Crippen LogP contribution >= 0.6 is 0 Å². The van der Waals surface area contributed by atoms with Gasteiger partial charge in [-0.25, -0.2) is 0 Å². The highest BCUT2D eigenvalue weighted by atomic mass is 16.5. The fraction of sp³-hybridized carbons (Fsp3) is 0.167. The third-order valence-electron chi connectivity index (χ3n) is 1.80. The molecule has 0 aliphatic carbocycles. The lowest BCUT2D eigenvalue weighted by Crippen LogP contribution is -2.06. The molecule has 78 valence electrons. The highest BCUT2D eigenvalue weighted by Crippen LogP contribution is 2.13. The van der Waals surface area contributed by atoms with Crippen LogP contribution in [0.5, 0.6) is 5.75 Å². The Hall–Kier alpha value is -1.90. The Bertz CT molecular complexity index is 376. The molecule has 1 rings (SSSR count). The Morgan fingerprint density at radius 3 is 2.40 bits per heavy atom. The van der Waals surface area contributed by atoms with Crippen molar-refractivity contribution < 1.29 is 14.3 Å². The van der Waals surface area contributed by atoms with Crippen LogP contribution in [0, 0.1) is 0 Å². The summed E-state index contributed by atoms with van der Waals surface area (Å²) in [6.45, 7) is 4.92. The number of carbonyl (C=O) groups excluding carboxylic acids is 2. The molecule has 0 amide bonds. The SMILES string of the molecule is C=CCC(=O)Oc1ccc(C(C)=O)cc1. The van der Waals surface area contributed by atoms with E-state index in [9.17, 15) is 9.59 Å². The molecular formula is C12H12O3. The predicted octanol–water partition coefficient (Wildman–Crippen LogP) is 2.37. The molecule has 0 aromatic heterocycles. The zero-order valence-corrected chi connectivity index (χ0v) is 8.53. The van der Waals surface area contributed by atoms with E-state index in [0.717, 1.165) is 0 Å². The first-order chi connectivity index (χ1) is 7.13. The van der Waals surface area contributed by atoms with Crippen molar-refractivity contribution in [1.29, 1.82) is 0 Å². The predicted molar refractivity (Wildman–Crippen MR) is 56.9 cm³/mol. The van der Waals surface area contributed by atoms with Gasteiger partial charge in [0.1, 0.15) is 5.75 Å². The maximum atomic E-state index is 11.1. The lowest BCUT2D eigenvalue weighted by atomic mass is 10.1. The maximum absolute atomic E-state index is 11.1. The van der Waals surface area contributed by atoms with Gasteiger partial charge in [-0.1, -0.05) is 6.08 Å². The number of esters is 1. The molecule has 0 aliphatic rings. The van der Waals surface area contributed by atoms with Crippen molar-refractivity contribution in [1.82, 2.24) is 0 Å². The molecule has 0 spiro atoms. The number of rotatable bonds is 4. The minimum atomic E-state index is -0.361. The number of benzene rings is 1. The molecule has 0 atom stereocenters. The quantitative estimate of drug-likeness (QED) is 0.327. The molecule has 3 nitrogen and oxygen atoms in total. The average Bonchev–Trinajstić information content (AvgIpc) is 2.18. The summed E-state index contributed by atoms with van der Waals surface area (Å²) in [6.07, 6.45) is 1.65. The molecule has 0 saturated carbocycles. The fourth-order valence-electron chi connectivity index (χ4n) is 1.05. The number of hydrogen-bond acceptors (Lipinski definition) is 3. The normalized spacial score (nSPS) is 9.40. The molecule has 0 bridgehead atoms. The van der Waals surface area contributed by atoms with E-state index in [-0.39, 0.29) is 18.2 Å². The minimum Gasteiger partial charge on any atom is -0.426 e. The first-order valence-corrected chi connectivity index (χ1v) is 4.56. The molecule has 1 aromatic rings. The molecule has 3 heteroatoms. The van der Waals surface area contributed by atoms with Crippen LogP contribution in [0.1, 0.15) is 23.7 Å². The van der Waals surface area contributed by atoms with E-state index in [4.69, 9.17) is 4.74 Å². The number of ether oxygens (including phenoxy) is 1. The van der Waals surface area contributed by atoms with E-state index in [1.807, 2.05) is 0 Å². The second kappa shape index (κ2) is 5.10. The second-order valence-electron chi connectivity index (χ2n) is 3.05. The average molecular weight is 204 g/mol. The van der Waals surface area contributed by atoms with Crippen molar-refractivity contribution in [3.63, 3.8) is 0 Å². The zero-order chi connectivity index (χ0) is 11.3. The minimum absolute atomic E-state index is 0.0148. The van der Waals surface area contributed by atoms with Gasteiger partial charge in [0.25, 0.3) is 0 Å². The topological polar surface area (TPSA) is 43.4 Å². The molecule has 0 aliphatic heterocycles. The van der Waals surface area contributed by atoms with Crippen molar-refractivity contribution >= 4 is 11.8 Å². The molecule has 0 radical (unpaired) electrons.